The molecule has 1 aliphatic heterocycles. The quantitative estimate of drug-likeness (QED) is 0.300. The minimum absolute atomic E-state index is 0.476. The molecule has 32 heavy (non-hydrogen) atoms. The fraction of sp³-hybridized carbons (Fsp3) is 0.391. The minimum Gasteiger partial charge on any atom is -0.490 e. The van der Waals surface area contributed by atoms with Crippen molar-refractivity contribution in [2.45, 2.75) is 26.0 Å². The lowest BCUT2D eigenvalue weighted by molar-refractivity contribution is 0.105. The molecule has 0 saturated carbocycles. The second-order valence-electron chi connectivity index (χ2n) is 7.36. The van der Waals surface area contributed by atoms with Crippen molar-refractivity contribution in [2.75, 3.05) is 31.7 Å². The topological polar surface area (TPSA) is 95.1 Å². The van der Waals surface area contributed by atoms with Crippen LogP contribution in [-0.4, -0.2) is 42.1 Å². The molecule has 0 radical (unpaired) electrons. The molecule has 1 aromatic carbocycles. The van der Waals surface area contributed by atoms with Crippen LogP contribution < -0.4 is 20.1 Å². The smallest absolute Gasteiger partial charge is 0.196 e. The first-order valence-corrected chi connectivity index (χ1v) is 10.8. The molecule has 0 spiro atoms. The first kappa shape index (κ1) is 21.8. The molecule has 170 valence electrons. The van der Waals surface area contributed by atoms with Crippen molar-refractivity contribution < 1.29 is 18.6 Å². The summed E-state index contributed by atoms with van der Waals surface area (Å²) in [5.74, 6) is 3.01. The van der Waals surface area contributed by atoms with Gasteiger partial charge in [0.15, 0.2) is 17.5 Å². The zero-order valence-electron chi connectivity index (χ0n) is 18.3. The molecule has 2 N–H and O–H groups in total. The number of furan rings is 1. The van der Waals surface area contributed by atoms with Gasteiger partial charge in [-0.15, -0.1) is 0 Å². The van der Waals surface area contributed by atoms with Crippen LogP contribution in [0.1, 0.15) is 24.3 Å². The van der Waals surface area contributed by atoms with Crippen molar-refractivity contribution in [1.29, 1.82) is 0 Å². The number of nitrogens with zero attached hydrogens (tertiary/aromatic N) is 3. The molecule has 3 heterocycles. The monoisotopic (exact) mass is 439 g/mol. The molecule has 0 saturated heterocycles. The van der Waals surface area contributed by atoms with Crippen molar-refractivity contribution in [3.05, 3.63) is 60.3 Å². The van der Waals surface area contributed by atoms with Crippen LogP contribution in [0.4, 0.5) is 5.69 Å². The summed E-state index contributed by atoms with van der Waals surface area (Å²) in [6.07, 6.45) is 5.12. The van der Waals surface area contributed by atoms with E-state index in [9.17, 15) is 0 Å². The van der Waals surface area contributed by atoms with Gasteiger partial charge in [0.2, 0.25) is 0 Å². The molecule has 0 amide bonds. The summed E-state index contributed by atoms with van der Waals surface area (Å²) in [4.78, 5) is 4.72. The van der Waals surface area contributed by atoms with Gasteiger partial charge in [-0.25, -0.2) is 4.99 Å². The lowest BCUT2D eigenvalue weighted by atomic mass is 10.2. The van der Waals surface area contributed by atoms with Crippen molar-refractivity contribution in [1.82, 2.24) is 15.1 Å². The fourth-order valence-electron chi connectivity index (χ4n) is 3.18. The van der Waals surface area contributed by atoms with Crippen LogP contribution in [0.15, 0.2) is 58.3 Å². The van der Waals surface area contributed by atoms with Crippen molar-refractivity contribution in [3.8, 4) is 11.5 Å². The molecule has 0 aliphatic carbocycles. The molecule has 0 atom stereocenters. The van der Waals surface area contributed by atoms with E-state index in [2.05, 4.69) is 15.7 Å². The summed E-state index contributed by atoms with van der Waals surface area (Å²) < 4.78 is 24.3. The van der Waals surface area contributed by atoms with Crippen LogP contribution in [0.25, 0.3) is 0 Å². The molecule has 1 aliphatic rings. The van der Waals surface area contributed by atoms with Crippen molar-refractivity contribution in [2.24, 2.45) is 12.0 Å². The number of fused-ring (bicyclic) bond motifs is 1. The molecular weight excluding hydrogens is 410 g/mol. The zero-order chi connectivity index (χ0) is 22.0. The maximum atomic E-state index is 5.80. The maximum Gasteiger partial charge on any atom is 0.196 e. The second kappa shape index (κ2) is 11.2. The fourth-order valence-corrected chi connectivity index (χ4v) is 3.18. The third-order valence-corrected chi connectivity index (χ3v) is 4.91. The second-order valence-corrected chi connectivity index (χ2v) is 7.36. The number of aromatic nitrogens is 2. The number of hydrogen-bond acceptors (Lipinski definition) is 6. The van der Waals surface area contributed by atoms with Gasteiger partial charge in [0, 0.05) is 44.6 Å². The highest BCUT2D eigenvalue weighted by Gasteiger charge is 2.11. The molecule has 0 fully saturated rings. The molecule has 9 heteroatoms. The summed E-state index contributed by atoms with van der Waals surface area (Å²) in [5, 5.41) is 10.9. The highest BCUT2D eigenvalue weighted by atomic mass is 16.5. The number of guanidine groups is 1. The van der Waals surface area contributed by atoms with Gasteiger partial charge in [-0.05, 0) is 36.8 Å². The van der Waals surface area contributed by atoms with Gasteiger partial charge in [-0.3, -0.25) is 4.68 Å². The van der Waals surface area contributed by atoms with E-state index in [1.807, 2.05) is 48.1 Å². The maximum absolute atomic E-state index is 5.80. The molecule has 3 aromatic rings. The van der Waals surface area contributed by atoms with Crippen LogP contribution in [0.3, 0.4) is 0 Å². The largest absolute Gasteiger partial charge is 0.490 e. The number of rotatable bonds is 9. The van der Waals surface area contributed by atoms with Crippen LogP contribution in [0, 0.1) is 0 Å². The number of ether oxygens (including phenoxy) is 3. The Kier molecular flexibility index (Phi) is 7.64. The Morgan fingerprint density at radius 1 is 1.19 bits per heavy atom. The van der Waals surface area contributed by atoms with Gasteiger partial charge in [0.1, 0.15) is 12.4 Å². The van der Waals surface area contributed by atoms with Crippen molar-refractivity contribution in [3.63, 3.8) is 0 Å². The number of hydrogen-bond donors (Lipinski definition) is 2. The van der Waals surface area contributed by atoms with Gasteiger partial charge < -0.3 is 29.3 Å². The first-order valence-electron chi connectivity index (χ1n) is 10.8. The van der Waals surface area contributed by atoms with E-state index >= 15 is 0 Å². The Balaban J connectivity index is 1.34. The Hall–Kier alpha value is -3.46. The van der Waals surface area contributed by atoms with E-state index < -0.39 is 0 Å². The van der Waals surface area contributed by atoms with Gasteiger partial charge in [0.25, 0.3) is 0 Å². The SMILES string of the molecule is Cn1nccc1CN=C(NCCCOCc1ccco1)Nc1ccc2c(c1)OCCCO2. The number of aliphatic imine (C=N–C) groups is 1. The highest BCUT2D eigenvalue weighted by molar-refractivity contribution is 5.93. The van der Waals surface area contributed by atoms with Gasteiger partial charge in [0.05, 0.1) is 31.7 Å². The lowest BCUT2D eigenvalue weighted by Crippen LogP contribution is -2.32. The lowest BCUT2D eigenvalue weighted by Gasteiger charge is -2.15. The Morgan fingerprint density at radius 3 is 2.91 bits per heavy atom. The summed E-state index contributed by atoms with van der Waals surface area (Å²) in [7, 11) is 1.91. The van der Waals surface area contributed by atoms with Crippen LogP contribution >= 0.6 is 0 Å². The average molecular weight is 440 g/mol. The third kappa shape index (κ3) is 6.27. The van der Waals surface area contributed by atoms with Crippen LogP contribution in [0.5, 0.6) is 11.5 Å². The molecule has 4 rings (SSSR count). The van der Waals surface area contributed by atoms with Crippen molar-refractivity contribution >= 4 is 11.6 Å². The van der Waals surface area contributed by atoms with E-state index in [0.29, 0.717) is 45.5 Å². The predicted molar refractivity (Wildman–Crippen MR) is 121 cm³/mol. The van der Waals surface area contributed by atoms with E-state index in [1.165, 1.54) is 0 Å². The minimum atomic E-state index is 0.476. The molecule has 0 bridgehead atoms. The normalized spacial score (nSPS) is 13.6. The van der Waals surface area contributed by atoms with E-state index in [1.54, 1.807) is 12.5 Å². The number of aryl methyl sites for hydroxylation is 1. The molecule has 2 aromatic heterocycles. The average Bonchev–Trinajstić information content (AvgIpc) is 3.40. The standard InChI is InChI=1S/C23H29N5O4/c1-28-19(8-10-26-28)16-25-23(24-9-3-11-29-17-20-5-2-12-30-20)27-18-6-7-21-22(15-18)32-14-4-13-31-21/h2,5-8,10,12,15H,3-4,9,11,13-14,16-17H2,1H3,(H2,24,25,27). The Bertz CT molecular complexity index is 1000. The first-order chi connectivity index (χ1) is 15.8. The van der Waals surface area contributed by atoms with Gasteiger partial charge in [-0.2, -0.15) is 5.10 Å². The summed E-state index contributed by atoms with van der Waals surface area (Å²) in [6, 6.07) is 11.5. The molecule has 0 unspecified atom stereocenters. The highest BCUT2D eigenvalue weighted by Crippen LogP contribution is 2.32. The van der Waals surface area contributed by atoms with E-state index in [4.69, 9.17) is 23.6 Å². The van der Waals surface area contributed by atoms with E-state index in [-0.39, 0.29) is 0 Å². The Labute approximate surface area is 187 Å². The van der Waals surface area contributed by atoms with Gasteiger partial charge in [-0.1, -0.05) is 0 Å². The number of benzene rings is 1. The summed E-state index contributed by atoms with van der Waals surface area (Å²) >= 11 is 0. The van der Waals surface area contributed by atoms with Crippen LogP contribution in [-0.2, 0) is 24.9 Å². The number of nitrogens with one attached hydrogen (secondary N) is 2. The number of anilines is 1. The van der Waals surface area contributed by atoms with Gasteiger partial charge >= 0.3 is 0 Å². The van der Waals surface area contributed by atoms with Crippen LogP contribution in [0.2, 0.25) is 0 Å². The summed E-state index contributed by atoms with van der Waals surface area (Å²) in [5.41, 5.74) is 1.89. The predicted octanol–water partition coefficient (Wildman–Crippen LogP) is 3.34. The third-order valence-electron chi connectivity index (χ3n) is 4.91. The Morgan fingerprint density at radius 2 is 2.09 bits per heavy atom. The molecule has 9 nitrogen and oxygen atoms in total. The molecular formula is C23H29N5O4. The zero-order valence-corrected chi connectivity index (χ0v) is 18.3. The van der Waals surface area contributed by atoms with E-state index in [0.717, 1.165) is 41.5 Å². The summed E-state index contributed by atoms with van der Waals surface area (Å²) in [6.45, 7) is 3.62.